The first kappa shape index (κ1) is 10.4. The Morgan fingerprint density at radius 1 is 1.09 bits per heavy atom. The summed E-state index contributed by atoms with van der Waals surface area (Å²) < 4.78 is 9.89. The van der Waals surface area contributed by atoms with Gasteiger partial charge in [0.1, 0.15) is 0 Å². The molecule has 1 aromatic rings. The van der Waals surface area contributed by atoms with Crippen molar-refractivity contribution in [1.29, 1.82) is 0 Å². The van der Waals surface area contributed by atoms with Crippen molar-refractivity contribution in [3.8, 4) is 11.5 Å². The zero-order chi connectivity index (χ0) is 7.40. The molecule has 1 rings (SSSR count). The smallest absolute Gasteiger partial charge is 0.0606 e. The monoisotopic (exact) mass is 201 g/mol. The molecular formula is C8H9O2Zn-. The maximum absolute atomic E-state index is 4.95. The minimum atomic E-state index is 0. The topological polar surface area (TPSA) is 18.5 Å². The second-order valence-electron chi connectivity index (χ2n) is 1.81. The molecule has 11 heavy (non-hydrogen) atoms. The second-order valence-corrected chi connectivity index (χ2v) is 1.81. The van der Waals surface area contributed by atoms with Crippen molar-refractivity contribution in [3.63, 3.8) is 0 Å². The fourth-order valence-electron chi connectivity index (χ4n) is 0.665. The quantitative estimate of drug-likeness (QED) is 0.535. The van der Waals surface area contributed by atoms with Crippen molar-refractivity contribution in [2.45, 2.75) is 0 Å². The van der Waals surface area contributed by atoms with E-state index in [1.54, 1.807) is 32.4 Å². The molecule has 1 aromatic carbocycles. The SMILES string of the molecule is COc1c[c-]cc(OC)c1.[Zn]. The van der Waals surface area contributed by atoms with E-state index in [-0.39, 0.29) is 19.5 Å². The summed E-state index contributed by atoms with van der Waals surface area (Å²) in [4.78, 5) is 0. The van der Waals surface area contributed by atoms with E-state index in [2.05, 4.69) is 6.07 Å². The van der Waals surface area contributed by atoms with Crippen molar-refractivity contribution in [2.24, 2.45) is 0 Å². The van der Waals surface area contributed by atoms with Gasteiger partial charge in [0.2, 0.25) is 0 Å². The van der Waals surface area contributed by atoms with Gasteiger partial charge in [0, 0.05) is 31.0 Å². The minimum Gasteiger partial charge on any atom is -0.554 e. The van der Waals surface area contributed by atoms with Gasteiger partial charge in [-0.1, -0.05) is 6.07 Å². The van der Waals surface area contributed by atoms with E-state index >= 15 is 0 Å². The molecule has 0 saturated heterocycles. The van der Waals surface area contributed by atoms with Crippen LogP contribution in [0.1, 0.15) is 0 Å². The van der Waals surface area contributed by atoms with E-state index < -0.39 is 0 Å². The Balaban J connectivity index is 0.000001000. The summed E-state index contributed by atoms with van der Waals surface area (Å²) in [5.74, 6) is 1.53. The van der Waals surface area contributed by atoms with Crippen LogP contribution in [0.25, 0.3) is 0 Å². The Kier molecular flexibility index (Phi) is 4.88. The summed E-state index contributed by atoms with van der Waals surface area (Å²) in [6.07, 6.45) is 0. The molecule has 0 spiro atoms. The van der Waals surface area contributed by atoms with Crippen molar-refractivity contribution < 1.29 is 29.0 Å². The molecule has 0 fully saturated rings. The number of ether oxygens (including phenoxy) is 2. The Morgan fingerprint density at radius 2 is 1.55 bits per heavy atom. The molecular weight excluding hydrogens is 193 g/mol. The molecule has 0 bridgehead atoms. The number of hydrogen-bond donors (Lipinski definition) is 0. The van der Waals surface area contributed by atoms with Gasteiger partial charge in [-0.25, -0.2) is 0 Å². The summed E-state index contributed by atoms with van der Waals surface area (Å²) in [5.41, 5.74) is 0. The van der Waals surface area contributed by atoms with E-state index in [9.17, 15) is 0 Å². The maximum Gasteiger partial charge on any atom is 0.0606 e. The van der Waals surface area contributed by atoms with Gasteiger partial charge in [-0.3, -0.25) is 0 Å². The van der Waals surface area contributed by atoms with E-state index in [1.807, 2.05) is 0 Å². The van der Waals surface area contributed by atoms with E-state index in [1.165, 1.54) is 0 Å². The third-order valence-electron chi connectivity index (χ3n) is 1.21. The Morgan fingerprint density at radius 3 is 1.91 bits per heavy atom. The first-order valence-corrected chi connectivity index (χ1v) is 2.96. The standard InChI is InChI=1S/C8H9O2.Zn/c1-9-7-4-3-5-8(6-7)10-2;/h4-6H,1-2H3;/q-1;. The minimum absolute atomic E-state index is 0. The molecule has 0 aliphatic heterocycles. The molecule has 0 radical (unpaired) electrons. The Hall–Kier alpha value is -0.557. The summed E-state index contributed by atoms with van der Waals surface area (Å²) in [7, 11) is 3.23. The van der Waals surface area contributed by atoms with Gasteiger partial charge in [-0.15, -0.1) is 12.1 Å². The maximum atomic E-state index is 4.95. The van der Waals surface area contributed by atoms with Gasteiger partial charge in [0.15, 0.2) is 0 Å². The Labute approximate surface area is 79.3 Å². The van der Waals surface area contributed by atoms with Crippen LogP contribution in [0.3, 0.4) is 0 Å². The van der Waals surface area contributed by atoms with Crippen LogP contribution in [0.5, 0.6) is 11.5 Å². The molecule has 0 atom stereocenters. The van der Waals surface area contributed by atoms with Crippen LogP contribution in [0, 0.1) is 6.07 Å². The predicted octanol–water partition coefficient (Wildman–Crippen LogP) is 1.50. The van der Waals surface area contributed by atoms with Crippen LogP contribution < -0.4 is 9.47 Å². The fraction of sp³-hybridized carbons (Fsp3) is 0.250. The normalized spacial score (nSPS) is 8.18. The first-order valence-electron chi connectivity index (χ1n) is 2.96. The average Bonchev–Trinajstić information content (AvgIpc) is 2.05. The van der Waals surface area contributed by atoms with Gasteiger partial charge in [0.25, 0.3) is 0 Å². The van der Waals surface area contributed by atoms with Crippen LogP contribution in [0.15, 0.2) is 18.2 Å². The van der Waals surface area contributed by atoms with Gasteiger partial charge >= 0.3 is 0 Å². The van der Waals surface area contributed by atoms with Crippen molar-refractivity contribution in [1.82, 2.24) is 0 Å². The largest absolute Gasteiger partial charge is 0.554 e. The number of rotatable bonds is 2. The van der Waals surface area contributed by atoms with Crippen LogP contribution >= 0.6 is 0 Å². The summed E-state index contributed by atoms with van der Waals surface area (Å²) in [6.45, 7) is 0. The molecule has 56 valence electrons. The molecule has 0 heterocycles. The number of hydrogen-bond acceptors (Lipinski definition) is 2. The third-order valence-corrected chi connectivity index (χ3v) is 1.21. The van der Waals surface area contributed by atoms with Gasteiger partial charge in [0.05, 0.1) is 14.2 Å². The molecule has 0 aliphatic carbocycles. The average molecular weight is 203 g/mol. The first-order chi connectivity index (χ1) is 4.86. The van der Waals surface area contributed by atoms with Gasteiger partial charge in [-0.2, -0.15) is 6.07 Å². The van der Waals surface area contributed by atoms with Crippen LogP contribution in [0.2, 0.25) is 0 Å². The fourth-order valence-corrected chi connectivity index (χ4v) is 0.665. The van der Waals surface area contributed by atoms with E-state index in [0.717, 1.165) is 11.5 Å². The van der Waals surface area contributed by atoms with Crippen LogP contribution in [-0.2, 0) is 19.5 Å². The molecule has 0 aromatic heterocycles. The summed E-state index contributed by atoms with van der Waals surface area (Å²) in [5, 5.41) is 0. The van der Waals surface area contributed by atoms with Crippen LogP contribution in [-0.4, -0.2) is 14.2 Å². The van der Waals surface area contributed by atoms with Crippen LogP contribution in [0.4, 0.5) is 0 Å². The summed E-state index contributed by atoms with van der Waals surface area (Å²) >= 11 is 0. The molecule has 0 N–H and O–H groups in total. The Bertz CT molecular complexity index is 194. The molecule has 3 heteroatoms. The molecule has 0 saturated carbocycles. The number of benzene rings is 1. The van der Waals surface area contributed by atoms with Gasteiger partial charge < -0.3 is 9.47 Å². The third kappa shape index (κ3) is 2.90. The van der Waals surface area contributed by atoms with E-state index in [0.29, 0.717) is 0 Å². The number of methoxy groups -OCH3 is 2. The molecule has 0 amide bonds. The predicted molar refractivity (Wildman–Crippen MR) is 38.4 cm³/mol. The van der Waals surface area contributed by atoms with E-state index in [4.69, 9.17) is 9.47 Å². The zero-order valence-corrected chi connectivity index (χ0v) is 9.72. The summed E-state index contributed by atoms with van der Waals surface area (Å²) in [6, 6.07) is 8.19. The molecule has 0 aliphatic rings. The van der Waals surface area contributed by atoms with Crippen molar-refractivity contribution in [2.75, 3.05) is 14.2 Å². The second kappa shape index (κ2) is 5.14. The van der Waals surface area contributed by atoms with Gasteiger partial charge in [-0.05, 0) is 0 Å². The van der Waals surface area contributed by atoms with Crippen molar-refractivity contribution in [3.05, 3.63) is 24.3 Å². The molecule has 0 unspecified atom stereocenters. The molecule has 2 nitrogen and oxygen atoms in total. The van der Waals surface area contributed by atoms with Crippen molar-refractivity contribution >= 4 is 0 Å². The zero-order valence-electron chi connectivity index (χ0n) is 6.76.